The molecule has 1 aromatic rings. The molecular weight excluding hydrogens is 230 g/mol. The summed E-state index contributed by atoms with van der Waals surface area (Å²) in [5, 5.41) is 3.50. The zero-order chi connectivity index (χ0) is 12.7. The number of ether oxygens (including phenoxy) is 1. The zero-order valence-corrected chi connectivity index (χ0v) is 12.0. The Bertz CT molecular complexity index is 305. The van der Waals surface area contributed by atoms with Crippen LogP contribution in [-0.4, -0.2) is 24.7 Å². The fraction of sp³-hybridized carbons (Fsp3) is 0.571. The van der Waals surface area contributed by atoms with Crippen molar-refractivity contribution in [3.8, 4) is 5.75 Å². The molecule has 96 valence electrons. The average Bonchev–Trinajstić information content (AvgIpc) is 2.29. The first kappa shape index (κ1) is 14.4. The predicted octanol–water partition coefficient (Wildman–Crippen LogP) is 3.49. The quantitative estimate of drug-likeness (QED) is 0.804. The van der Waals surface area contributed by atoms with E-state index in [1.807, 2.05) is 25.6 Å². The summed E-state index contributed by atoms with van der Waals surface area (Å²) in [7, 11) is 0. The molecule has 0 aliphatic rings. The molecule has 0 saturated heterocycles. The van der Waals surface area contributed by atoms with Gasteiger partial charge in [-0.25, -0.2) is 0 Å². The Hall–Kier alpha value is -0.670. The van der Waals surface area contributed by atoms with Crippen molar-refractivity contribution in [3.63, 3.8) is 0 Å². The highest BCUT2D eigenvalue weighted by atomic mass is 32.2. The molecule has 3 heteroatoms. The first-order valence-electron chi connectivity index (χ1n) is 6.16. The van der Waals surface area contributed by atoms with E-state index in [1.54, 1.807) is 0 Å². The van der Waals surface area contributed by atoms with Gasteiger partial charge in [0.1, 0.15) is 5.75 Å². The van der Waals surface area contributed by atoms with E-state index >= 15 is 0 Å². The van der Waals surface area contributed by atoms with Gasteiger partial charge in [0.2, 0.25) is 0 Å². The standard InChI is InChI=1S/C14H23NOS/c1-5-15-14(10-17-4)12-6-8-13(9-7-12)16-11(2)3/h6-9,11,14-15H,5,10H2,1-4H3. The van der Waals surface area contributed by atoms with E-state index in [0.717, 1.165) is 18.0 Å². The molecule has 0 aliphatic heterocycles. The second kappa shape index (κ2) is 7.62. The van der Waals surface area contributed by atoms with Gasteiger partial charge in [-0.3, -0.25) is 0 Å². The summed E-state index contributed by atoms with van der Waals surface area (Å²) >= 11 is 1.87. The lowest BCUT2D eigenvalue weighted by atomic mass is 10.1. The molecule has 0 saturated carbocycles. The Morgan fingerprint density at radius 2 is 1.88 bits per heavy atom. The minimum atomic E-state index is 0.233. The lowest BCUT2D eigenvalue weighted by molar-refractivity contribution is 0.242. The molecule has 0 amide bonds. The van der Waals surface area contributed by atoms with Crippen molar-refractivity contribution >= 4 is 11.8 Å². The van der Waals surface area contributed by atoms with Crippen LogP contribution in [0.5, 0.6) is 5.75 Å². The van der Waals surface area contributed by atoms with Crippen LogP contribution in [0.4, 0.5) is 0 Å². The molecule has 0 fully saturated rings. The fourth-order valence-electron chi connectivity index (χ4n) is 1.74. The van der Waals surface area contributed by atoms with Crippen LogP contribution in [0, 0.1) is 0 Å². The van der Waals surface area contributed by atoms with Gasteiger partial charge in [-0.15, -0.1) is 0 Å². The minimum absolute atomic E-state index is 0.233. The van der Waals surface area contributed by atoms with Crippen molar-refractivity contribution < 1.29 is 4.74 Å². The van der Waals surface area contributed by atoms with Gasteiger partial charge in [-0.2, -0.15) is 11.8 Å². The fourth-order valence-corrected chi connectivity index (χ4v) is 2.38. The van der Waals surface area contributed by atoms with Gasteiger partial charge in [0.25, 0.3) is 0 Å². The topological polar surface area (TPSA) is 21.3 Å². The normalized spacial score (nSPS) is 12.8. The number of hydrogen-bond acceptors (Lipinski definition) is 3. The van der Waals surface area contributed by atoms with Crippen molar-refractivity contribution in [1.29, 1.82) is 0 Å². The average molecular weight is 253 g/mol. The molecule has 0 aliphatic carbocycles. The van der Waals surface area contributed by atoms with Crippen LogP contribution in [-0.2, 0) is 0 Å². The van der Waals surface area contributed by atoms with E-state index in [-0.39, 0.29) is 6.10 Å². The molecule has 1 rings (SSSR count). The minimum Gasteiger partial charge on any atom is -0.491 e. The second-order valence-corrected chi connectivity index (χ2v) is 5.21. The lowest BCUT2D eigenvalue weighted by Gasteiger charge is -2.18. The van der Waals surface area contributed by atoms with Gasteiger partial charge in [-0.05, 0) is 44.3 Å². The molecule has 0 bridgehead atoms. The SMILES string of the molecule is CCNC(CSC)c1ccc(OC(C)C)cc1. The molecule has 1 N–H and O–H groups in total. The van der Waals surface area contributed by atoms with Gasteiger partial charge in [0, 0.05) is 11.8 Å². The smallest absolute Gasteiger partial charge is 0.119 e. The highest BCUT2D eigenvalue weighted by Gasteiger charge is 2.09. The largest absolute Gasteiger partial charge is 0.491 e. The molecule has 0 aromatic heterocycles. The second-order valence-electron chi connectivity index (χ2n) is 4.30. The number of thioether (sulfide) groups is 1. The number of hydrogen-bond donors (Lipinski definition) is 1. The van der Waals surface area contributed by atoms with Gasteiger partial charge in [0.05, 0.1) is 6.10 Å². The lowest BCUT2D eigenvalue weighted by Crippen LogP contribution is -2.22. The first-order valence-corrected chi connectivity index (χ1v) is 7.55. The Balaban J connectivity index is 2.69. The van der Waals surface area contributed by atoms with E-state index in [1.165, 1.54) is 5.56 Å². The Morgan fingerprint density at radius 1 is 1.24 bits per heavy atom. The summed E-state index contributed by atoms with van der Waals surface area (Å²) in [4.78, 5) is 0. The van der Waals surface area contributed by atoms with Gasteiger partial charge in [-0.1, -0.05) is 19.1 Å². The Morgan fingerprint density at radius 3 is 2.35 bits per heavy atom. The molecule has 0 radical (unpaired) electrons. The number of benzene rings is 1. The van der Waals surface area contributed by atoms with Crippen LogP contribution in [0.3, 0.4) is 0 Å². The molecule has 2 nitrogen and oxygen atoms in total. The van der Waals surface area contributed by atoms with Crippen LogP contribution in [0.2, 0.25) is 0 Å². The Labute approximate surface area is 109 Å². The van der Waals surface area contributed by atoms with E-state index in [4.69, 9.17) is 4.74 Å². The van der Waals surface area contributed by atoms with Crippen LogP contribution >= 0.6 is 11.8 Å². The van der Waals surface area contributed by atoms with Gasteiger partial charge >= 0.3 is 0 Å². The number of rotatable bonds is 7. The highest BCUT2D eigenvalue weighted by molar-refractivity contribution is 7.98. The van der Waals surface area contributed by atoms with Crippen LogP contribution in [0.15, 0.2) is 24.3 Å². The monoisotopic (exact) mass is 253 g/mol. The van der Waals surface area contributed by atoms with Crippen LogP contribution in [0.25, 0.3) is 0 Å². The van der Waals surface area contributed by atoms with Crippen molar-refractivity contribution in [2.75, 3.05) is 18.6 Å². The van der Waals surface area contributed by atoms with E-state index in [0.29, 0.717) is 6.04 Å². The van der Waals surface area contributed by atoms with Crippen LogP contribution < -0.4 is 10.1 Å². The summed E-state index contributed by atoms with van der Waals surface area (Å²) in [5.74, 6) is 2.04. The van der Waals surface area contributed by atoms with Crippen molar-refractivity contribution in [2.45, 2.75) is 32.9 Å². The summed E-state index contributed by atoms with van der Waals surface area (Å²) in [5.41, 5.74) is 1.33. The first-order chi connectivity index (χ1) is 8.17. The molecule has 0 heterocycles. The molecule has 1 aromatic carbocycles. The maximum atomic E-state index is 5.64. The van der Waals surface area contributed by atoms with Crippen LogP contribution in [0.1, 0.15) is 32.4 Å². The molecule has 0 spiro atoms. The predicted molar refractivity (Wildman–Crippen MR) is 77.0 cm³/mol. The molecule has 17 heavy (non-hydrogen) atoms. The van der Waals surface area contributed by atoms with E-state index in [2.05, 4.69) is 42.8 Å². The van der Waals surface area contributed by atoms with Crippen molar-refractivity contribution in [3.05, 3.63) is 29.8 Å². The van der Waals surface area contributed by atoms with Gasteiger partial charge < -0.3 is 10.1 Å². The third kappa shape index (κ3) is 5.00. The van der Waals surface area contributed by atoms with Gasteiger partial charge in [0.15, 0.2) is 0 Å². The summed E-state index contributed by atoms with van der Waals surface area (Å²) in [6.45, 7) is 7.23. The number of nitrogens with one attached hydrogen (secondary N) is 1. The van der Waals surface area contributed by atoms with Crippen molar-refractivity contribution in [2.24, 2.45) is 0 Å². The third-order valence-corrected chi connectivity index (χ3v) is 3.10. The molecule has 1 atom stereocenters. The summed E-state index contributed by atoms with van der Waals surface area (Å²) in [6.07, 6.45) is 2.37. The highest BCUT2D eigenvalue weighted by Crippen LogP contribution is 2.21. The van der Waals surface area contributed by atoms with Crippen molar-refractivity contribution in [1.82, 2.24) is 5.32 Å². The molecule has 1 unspecified atom stereocenters. The Kier molecular flexibility index (Phi) is 6.45. The molecular formula is C14H23NOS. The van der Waals surface area contributed by atoms with E-state index < -0.39 is 0 Å². The van der Waals surface area contributed by atoms with E-state index in [9.17, 15) is 0 Å². The zero-order valence-electron chi connectivity index (χ0n) is 11.2. The summed E-state index contributed by atoms with van der Waals surface area (Å²) in [6, 6.07) is 8.85. The summed E-state index contributed by atoms with van der Waals surface area (Å²) < 4.78 is 5.64. The maximum Gasteiger partial charge on any atom is 0.119 e. The maximum absolute atomic E-state index is 5.64. The third-order valence-electron chi connectivity index (χ3n) is 2.44.